The van der Waals surface area contributed by atoms with Crippen molar-refractivity contribution < 1.29 is 27.6 Å². The van der Waals surface area contributed by atoms with E-state index in [0.29, 0.717) is 30.3 Å². The number of carbonyl (C=O) groups is 3. The normalized spacial score (nSPS) is 16.3. The first-order chi connectivity index (χ1) is 14.3. The van der Waals surface area contributed by atoms with Crippen molar-refractivity contribution in [1.29, 1.82) is 0 Å². The fourth-order valence-electron chi connectivity index (χ4n) is 3.34. The van der Waals surface area contributed by atoms with Crippen molar-refractivity contribution in [1.82, 2.24) is 9.80 Å². The van der Waals surface area contributed by atoms with Crippen LogP contribution < -0.4 is 5.32 Å². The number of piperidine rings is 1. The summed E-state index contributed by atoms with van der Waals surface area (Å²) in [6.45, 7) is 0.409. The summed E-state index contributed by atoms with van der Waals surface area (Å²) in [5, 5.41) is 3.94. The predicted octanol–water partition coefficient (Wildman–Crippen LogP) is 3.11. The number of rotatable bonds is 5. The number of amides is 3. The summed E-state index contributed by atoms with van der Waals surface area (Å²) in [4.78, 5) is 40.8. The van der Waals surface area contributed by atoms with Crippen LogP contribution >= 0.6 is 11.3 Å². The fraction of sp³-hybridized carbons (Fsp3) is 0.350. The first-order valence-electron chi connectivity index (χ1n) is 9.29. The third kappa shape index (κ3) is 4.81. The van der Waals surface area contributed by atoms with Gasteiger partial charge < -0.3 is 15.1 Å². The first-order valence-corrected chi connectivity index (χ1v) is 10.2. The summed E-state index contributed by atoms with van der Waals surface area (Å²) in [5.74, 6) is -6.21. The number of likely N-dealkylation sites (N-methyl/N-ethyl adjacent to an activating group) is 1. The number of hydrogen-bond donors (Lipinski definition) is 1. The average molecular weight is 439 g/mol. The van der Waals surface area contributed by atoms with Crippen molar-refractivity contribution in [3.8, 4) is 0 Å². The molecule has 3 amide bonds. The number of carbonyl (C=O) groups excluding carboxylic acids is 3. The standard InChI is InChI=1S/C20H20F3N3O3S/c1-25(11-16(27)24-14-7-6-13(21)17(22)18(14)23)19(28)12-4-2-8-26(10-12)20(29)15-5-3-9-30-15/h3,5-7,9,12H,2,4,8,10-11H2,1H3,(H,24,27). The van der Waals surface area contributed by atoms with Crippen molar-refractivity contribution >= 4 is 34.7 Å². The van der Waals surface area contributed by atoms with Crippen LogP contribution in [0.1, 0.15) is 22.5 Å². The van der Waals surface area contributed by atoms with Crippen LogP contribution in [0.2, 0.25) is 0 Å². The number of hydrogen-bond acceptors (Lipinski definition) is 4. The van der Waals surface area contributed by atoms with Gasteiger partial charge in [-0.1, -0.05) is 6.07 Å². The van der Waals surface area contributed by atoms with Gasteiger partial charge in [0.25, 0.3) is 5.91 Å². The second-order valence-corrected chi connectivity index (χ2v) is 7.98. The Bertz CT molecular complexity index is 952. The van der Waals surface area contributed by atoms with E-state index in [9.17, 15) is 27.6 Å². The fourth-order valence-corrected chi connectivity index (χ4v) is 4.03. The van der Waals surface area contributed by atoms with E-state index in [-0.39, 0.29) is 18.4 Å². The molecule has 1 fully saturated rings. The Morgan fingerprint density at radius 1 is 1.20 bits per heavy atom. The molecule has 0 bridgehead atoms. The smallest absolute Gasteiger partial charge is 0.263 e. The number of benzene rings is 1. The van der Waals surface area contributed by atoms with Gasteiger partial charge in [-0.3, -0.25) is 14.4 Å². The number of halogens is 3. The Hall–Kier alpha value is -2.88. The van der Waals surface area contributed by atoms with Crippen molar-refractivity contribution in [2.75, 3.05) is 32.0 Å². The van der Waals surface area contributed by atoms with Gasteiger partial charge in [-0.2, -0.15) is 0 Å². The second-order valence-electron chi connectivity index (χ2n) is 7.03. The maximum Gasteiger partial charge on any atom is 0.263 e. The van der Waals surface area contributed by atoms with Gasteiger partial charge in [0.2, 0.25) is 11.8 Å². The van der Waals surface area contributed by atoms with Gasteiger partial charge >= 0.3 is 0 Å². The molecule has 6 nitrogen and oxygen atoms in total. The monoisotopic (exact) mass is 439 g/mol. The zero-order valence-corrected chi connectivity index (χ0v) is 17.0. The summed E-state index contributed by atoms with van der Waals surface area (Å²) in [6.07, 6.45) is 1.24. The van der Waals surface area contributed by atoms with Crippen molar-refractivity contribution in [2.45, 2.75) is 12.8 Å². The van der Waals surface area contributed by atoms with Gasteiger partial charge in [0.1, 0.15) is 0 Å². The molecule has 30 heavy (non-hydrogen) atoms. The molecule has 1 aromatic heterocycles. The first kappa shape index (κ1) is 21.8. The molecule has 2 aromatic rings. The molecule has 0 saturated carbocycles. The molecule has 1 aliphatic rings. The molecule has 2 heterocycles. The molecule has 0 aliphatic carbocycles. The van der Waals surface area contributed by atoms with Gasteiger partial charge in [0.15, 0.2) is 17.5 Å². The van der Waals surface area contributed by atoms with E-state index in [2.05, 4.69) is 5.32 Å². The van der Waals surface area contributed by atoms with Gasteiger partial charge in [0, 0.05) is 20.1 Å². The zero-order valence-electron chi connectivity index (χ0n) is 16.2. The van der Waals surface area contributed by atoms with Gasteiger partial charge in [-0.15, -0.1) is 11.3 Å². The molecule has 0 spiro atoms. The predicted molar refractivity (Wildman–Crippen MR) is 106 cm³/mol. The number of thiophene rings is 1. The van der Waals surface area contributed by atoms with Crippen LogP contribution in [0.25, 0.3) is 0 Å². The Morgan fingerprint density at radius 3 is 2.67 bits per heavy atom. The minimum Gasteiger partial charge on any atom is -0.337 e. The summed E-state index contributed by atoms with van der Waals surface area (Å²) in [5.41, 5.74) is -0.509. The van der Waals surface area contributed by atoms with Gasteiger partial charge in [-0.25, -0.2) is 13.2 Å². The quantitative estimate of drug-likeness (QED) is 0.728. The minimum absolute atomic E-state index is 0.128. The molecule has 1 aliphatic heterocycles. The molecule has 1 aromatic carbocycles. The third-order valence-electron chi connectivity index (χ3n) is 4.86. The van der Waals surface area contributed by atoms with Crippen molar-refractivity contribution in [3.05, 3.63) is 52.0 Å². The lowest BCUT2D eigenvalue weighted by Gasteiger charge is -2.33. The van der Waals surface area contributed by atoms with Crippen LogP contribution in [0.3, 0.4) is 0 Å². The summed E-state index contributed by atoms with van der Waals surface area (Å²) in [6, 6.07) is 5.12. The molecule has 3 rings (SSSR count). The lowest BCUT2D eigenvalue weighted by atomic mass is 9.96. The lowest BCUT2D eigenvalue weighted by molar-refractivity contribution is -0.138. The maximum absolute atomic E-state index is 13.7. The topological polar surface area (TPSA) is 69.7 Å². The number of nitrogens with zero attached hydrogens (tertiary/aromatic N) is 2. The minimum atomic E-state index is -1.69. The zero-order chi connectivity index (χ0) is 21.8. The molecular formula is C20H20F3N3O3S. The van der Waals surface area contributed by atoms with E-state index in [1.54, 1.807) is 17.0 Å². The lowest BCUT2D eigenvalue weighted by Crippen LogP contribution is -2.47. The van der Waals surface area contributed by atoms with E-state index in [1.165, 1.54) is 23.3 Å². The number of anilines is 1. The third-order valence-corrected chi connectivity index (χ3v) is 5.71. The maximum atomic E-state index is 13.7. The van der Waals surface area contributed by atoms with E-state index >= 15 is 0 Å². The second kappa shape index (κ2) is 9.29. The number of nitrogens with one attached hydrogen (secondary N) is 1. The van der Waals surface area contributed by atoms with E-state index in [0.717, 1.165) is 6.07 Å². The highest BCUT2D eigenvalue weighted by Gasteiger charge is 2.31. The Balaban J connectivity index is 1.58. The highest BCUT2D eigenvalue weighted by atomic mass is 32.1. The van der Waals surface area contributed by atoms with Crippen LogP contribution in [-0.2, 0) is 9.59 Å². The highest BCUT2D eigenvalue weighted by Crippen LogP contribution is 2.22. The van der Waals surface area contributed by atoms with Crippen LogP contribution in [-0.4, -0.2) is 54.2 Å². The van der Waals surface area contributed by atoms with Crippen LogP contribution in [0.5, 0.6) is 0 Å². The van der Waals surface area contributed by atoms with Crippen molar-refractivity contribution in [3.63, 3.8) is 0 Å². The summed E-state index contributed by atoms with van der Waals surface area (Å²) in [7, 11) is 1.42. The average Bonchev–Trinajstić information content (AvgIpc) is 3.28. The summed E-state index contributed by atoms with van der Waals surface area (Å²) < 4.78 is 40.0. The Labute approximate surface area is 175 Å². The molecule has 0 radical (unpaired) electrons. The SMILES string of the molecule is CN(CC(=O)Nc1ccc(F)c(F)c1F)C(=O)C1CCCN(C(=O)c2cccs2)C1. The van der Waals surface area contributed by atoms with Gasteiger partial charge in [0.05, 0.1) is 23.0 Å². The van der Waals surface area contributed by atoms with Crippen LogP contribution in [0.4, 0.5) is 18.9 Å². The molecule has 1 atom stereocenters. The van der Waals surface area contributed by atoms with Gasteiger partial charge in [-0.05, 0) is 36.4 Å². The molecule has 160 valence electrons. The van der Waals surface area contributed by atoms with E-state index in [4.69, 9.17) is 0 Å². The molecule has 1 unspecified atom stereocenters. The molecule has 10 heteroatoms. The van der Waals surface area contributed by atoms with Crippen molar-refractivity contribution in [2.24, 2.45) is 5.92 Å². The molecule has 1 N–H and O–H groups in total. The van der Waals surface area contributed by atoms with Crippen LogP contribution in [0, 0.1) is 23.4 Å². The van der Waals surface area contributed by atoms with E-state index < -0.39 is 41.5 Å². The largest absolute Gasteiger partial charge is 0.337 e. The molecular weight excluding hydrogens is 419 g/mol. The van der Waals surface area contributed by atoms with E-state index in [1.807, 2.05) is 5.38 Å². The van der Waals surface area contributed by atoms with Crippen LogP contribution in [0.15, 0.2) is 29.6 Å². The Morgan fingerprint density at radius 2 is 1.97 bits per heavy atom. The Kier molecular flexibility index (Phi) is 6.76. The number of likely N-dealkylation sites (tertiary alicyclic amines) is 1. The molecule has 1 saturated heterocycles. The summed E-state index contributed by atoms with van der Waals surface area (Å²) >= 11 is 1.33. The highest BCUT2D eigenvalue weighted by molar-refractivity contribution is 7.12.